The van der Waals surface area contributed by atoms with Gasteiger partial charge < -0.3 is 14.6 Å². The molecule has 30 heavy (non-hydrogen) atoms. The van der Waals surface area contributed by atoms with Crippen LogP contribution in [0, 0.1) is 23.7 Å². The van der Waals surface area contributed by atoms with Gasteiger partial charge in [0.25, 0.3) is 0 Å². The van der Waals surface area contributed by atoms with E-state index in [0.717, 1.165) is 69.8 Å². The van der Waals surface area contributed by atoms with Crippen molar-refractivity contribution in [2.24, 2.45) is 11.8 Å². The summed E-state index contributed by atoms with van der Waals surface area (Å²) in [6, 6.07) is 0. The molecule has 0 amide bonds. The maximum absolute atomic E-state index is 11.1. The van der Waals surface area contributed by atoms with Gasteiger partial charge in [-0.1, -0.05) is 65.2 Å². The van der Waals surface area contributed by atoms with Crippen molar-refractivity contribution in [2.45, 2.75) is 141 Å². The van der Waals surface area contributed by atoms with E-state index in [1.165, 1.54) is 44.9 Å². The molecule has 3 nitrogen and oxygen atoms in total. The normalized spacial score (nSPS) is 36.8. The van der Waals surface area contributed by atoms with E-state index >= 15 is 0 Å². The van der Waals surface area contributed by atoms with Crippen molar-refractivity contribution >= 4 is 0 Å². The van der Waals surface area contributed by atoms with E-state index in [2.05, 4.69) is 25.7 Å². The van der Waals surface area contributed by atoms with Crippen molar-refractivity contribution in [3.8, 4) is 11.8 Å². The number of hydrogen-bond donors (Lipinski definition) is 1. The smallest absolute Gasteiger partial charge is 0.159 e. The Morgan fingerprint density at radius 3 is 1.90 bits per heavy atom. The Balaban J connectivity index is 0.00000155. The van der Waals surface area contributed by atoms with Crippen LogP contribution in [0.3, 0.4) is 0 Å². The van der Waals surface area contributed by atoms with E-state index in [1.807, 2.05) is 13.8 Å². The van der Waals surface area contributed by atoms with E-state index in [4.69, 9.17) is 9.47 Å². The number of aliphatic hydroxyl groups is 1. The average Bonchev–Trinajstić information content (AvgIpc) is 2.78. The Kier molecular flexibility index (Phi) is 11.2. The minimum Gasteiger partial charge on any atom is -0.378 e. The number of rotatable bonds is 6. The summed E-state index contributed by atoms with van der Waals surface area (Å²) in [6.07, 6.45) is 16.5. The van der Waals surface area contributed by atoms with Crippen LogP contribution in [0.5, 0.6) is 0 Å². The van der Waals surface area contributed by atoms with Crippen LogP contribution in [0.15, 0.2) is 0 Å². The third-order valence-electron chi connectivity index (χ3n) is 7.26. The summed E-state index contributed by atoms with van der Waals surface area (Å²) in [6.45, 7) is 9.33. The first-order valence-electron chi connectivity index (χ1n) is 13.1. The number of hydrogen-bond acceptors (Lipinski definition) is 3. The molecule has 1 N–H and O–H groups in total. The molecule has 0 bridgehead atoms. The standard InChI is InChI=1S/C25H42O3.C2H6/c1-3-7-21-10-14-24(26,15-11-21)18-19-25(28-23-9-5-6-20-27-23)16-12-22(8-4-2)13-17-25;1-2/h21-23,26H,3-17,20H2,1-2H3;1-2H3. The van der Waals surface area contributed by atoms with Crippen LogP contribution in [0.25, 0.3) is 0 Å². The molecule has 3 aliphatic rings. The molecule has 3 rings (SSSR count). The van der Waals surface area contributed by atoms with Gasteiger partial charge in [-0.05, 0) is 82.5 Å². The molecule has 0 aromatic carbocycles. The summed E-state index contributed by atoms with van der Waals surface area (Å²) in [5.74, 6) is 8.42. The highest BCUT2D eigenvalue weighted by Gasteiger charge is 2.39. The summed E-state index contributed by atoms with van der Waals surface area (Å²) in [4.78, 5) is 0. The molecule has 3 heteroatoms. The Labute approximate surface area is 186 Å². The van der Waals surface area contributed by atoms with Gasteiger partial charge >= 0.3 is 0 Å². The summed E-state index contributed by atoms with van der Waals surface area (Å²) in [5.41, 5.74) is -1.23. The fourth-order valence-corrected chi connectivity index (χ4v) is 5.38. The lowest BCUT2D eigenvalue weighted by Crippen LogP contribution is -2.42. The zero-order chi connectivity index (χ0) is 21.9. The first-order chi connectivity index (χ1) is 14.6. The molecule has 2 saturated carbocycles. The van der Waals surface area contributed by atoms with Gasteiger partial charge in [-0.15, -0.1) is 0 Å². The zero-order valence-electron chi connectivity index (χ0n) is 20.3. The Hall–Kier alpha value is -0.560. The Bertz CT molecular complexity index is 510. The molecule has 3 fully saturated rings. The van der Waals surface area contributed by atoms with Crippen molar-refractivity contribution < 1.29 is 14.6 Å². The Morgan fingerprint density at radius 1 is 0.833 bits per heavy atom. The monoisotopic (exact) mass is 420 g/mol. The van der Waals surface area contributed by atoms with E-state index in [-0.39, 0.29) is 6.29 Å². The van der Waals surface area contributed by atoms with Crippen molar-refractivity contribution in [2.75, 3.05) is 6.61 Å². The van der Waals surface area contributed by atoms with E-state index < -0.39 is 11.2 Å². The summed E-state index contributed by atoms with van der Waals surface area (Å²) in [7, 11) is 0. The second kappa shape index (κ2) is 13.1. The predicted molar refractivity (Wildman–Crippen MR) is 125 cm³/mol. The van der Waals surface area contributed by atoms with Gasteiger partial charge in [-0.2, -0.15) is 0 Å². The van der Waals surface area contributed by atoms with Crippen LogP contribution < -0.4 is 0 Å². The molecule has 1 heterocycles. The lowest BCUT2D eigenvalue weighted by atomic mass is 9.75. The van der Waals surface area contributed by atoms with Crippen LogP contribution in [0.1, 0.15) is 124 Å². The fraction of sp³-hybridized carbons (Fsp3) is 0.926. The van der Waals surface area contributed by atoms with Gasteiger partial charge in [0.15, 0.2) is 6.29 Å². The van der Waals surface area contributed by atoms with Crippen LogP contribution in [0.2, 0.25) is 0 Å². The minimum absolute atomic E-state index is 0.110. The van der Waals surface area contributed by atoms with Crippen molar-refractivity contribution in [1.82, 2.24) is 0 Å². The maximum Gasteiger partial charge on any atom is 0.159 e. The maximum atomic E-state index is 11.1. The highest BCUT2D eigenvalue weighted by Crippen LogP contribution is 2.39. The van der Waals surface area contributed by atoms with Crippen molar-refractivity contribution in [3.05, 3.63) is 0 Å². The summed E-state index contributed by atoms with van der Waals surface area (Å²) < 4.78 is 12.4. The van der Waals surface area contributed by atoms with Crippen LogP contribution in [-0.2, 0) is 9.47 Å². The second-order valence-electron chi connectivity index (χ2n) is 9.65. The molecule has 0 aromatic rings. The van der Waals surface area contributed by atoms with E-state index in [1.54, 1.807) is 0 Å². The molecule has 0 spiro atoms. The van der Waals surface area contributed by atoms with Gasteiger partial charge in [-0.3, -0.25) is 0 Å². The van der Waals surface area contributed by atoms with Crippen LogP contribution >= 0.6 is 0 Å². The average molecular weight is 421 g/mol. The molecule has 0 radical (unpaired) electrons. The van der Waals surface area contributed by atoms with E-state index in [9.17, 15) is 5.11 Å². The topological polar surface area (TPSA) is 38.7 Å². The molecule has 2 aliphatic carbocycles. The third-order valence-corrected chi connectivity index (χ3v) is 7.26. The molecule has 1 saturated heterocycles. The van der Waals surface area contributed by atoms with Crippen LogP contribution in [-0.4, -0.2) is 29.2 Å². The molecule has 1 atom stereocenters. The Morgan fingerprint density at radius 2 is 1.40 bits per heavy atom. The van der Waals surface area contributed by atoms with Gasteiger partial charge in [0, 0.05) is 6.61 Å². The summed E-state index contributed by atoms with van der Waals surface area (Å²) in [5, 5.41) is 11.1. The lowest BCUT2D eigenvalue weighted by molar-refractivity contribution is -0.217. The quantitative estimate of drug-likeness (QED) is 0.470. The molecular formula is C27H48O3. The first-order valence-corrected chi connectivity index (χ1v) is 13.1. The highest BCUT2D eigenvalue weighted by molar-refractivity contribution is 5.23. The third kappa shape index (κ3) is 7.85. The van der Waals surface area contributed by atoms with Crippen molar-refractivity contribution in [3.63, 3.8) is 0 Å². The van der Waals surface area contributed by atoms with E-state index in [0.29, 0.717) is 0 Å². The van der Waals surface area contributed by atoms with Gasteiger partial charge in [0.05, 0.1) is 0 Å². The van der Waals surface area contributed by atoms with Crippen molar-refractivity contribution in [1.29, 1.82) is 0 Å². The minimum atomic E-state index is -0.811. The highest BCUT2D eigenvalue weighted by atomic mass is 16.7. The summed E-state index contributed by atoms with van der Waals surface area (Å²) >= 11 is 0. The molecular weight excluding hydrogens is 372 g/mol. The SMILES string of the molecule is CC.CCCC1CCC(O)(C#CC2(OC3CCCCO3)CCC(CCC)CC2)CC1. The molecule has 174 valence electrons. The van der Waals surface area contributed by atoms with Gasteiger partial charge in [0.2, 0.25) is 0 Å². The fourth-order valence-electron chi connectivity index (χ4n) is 5.38. The predicted octanol–water partition coefficient (Wildman–Crippen LogP) is 7.01. The molecule has 1 aliphatic heterocycles. The molecule has 0 aromatic heterocycles. The molecule has 1 unspecified atom stereocenters. The lowest BCUT2D eigenvalue weighted by Gasteiger charge is -2.40. The number of ether oxygens (including phenoxy) is 2. The largest absolute Gasteiger partial charge is 0.378 e. The zero-order valence-corrected chi connectivity index (χ0v) is 20.3. The first kappa shape index (κ1) is 25.7. The van der Waals surface area contributed by atoms with Gasteiger partial charge in [-0.25, -0.2) is 0 Å². The van der Waals surface area contributed by atoms with Crippen LogP contribution in [0.4, 0.5) is 0 Å². The second-order valence-corrected chi connectivity index (χ2v) is 9.65. The van der Waals surface area contributed by atoms with Gasteiger partial charge in [0.1, 0.15) is 11.2 Å².